The third-order valence-corrected chi connectivity index (χ3v) is 5.33. The molecule has 0 radical (unpaired) electrons. The van der Waals surface area contributed by atoms with Crippen molar-refractivity contribution in [3.05, 3.63) is 60.2 Å². The fourth-order valence-electron chi connectivity index (χ4n) is 3.89. The van der Waals surface area contributed by atoms with Crippen LogP contribution in [0.1, 0.15) is 18.4 Å². The Morgan fingerprint density at radius 3 is 2.52 bits per heavy atom. The summed E-state index contributed by atoms with van der Waals surface area (Å²) in [6.07, 6.45) is 2.05. The van der Waals surface area contributed by atoms with E-state index in [1.54, 1.807) is 0 Å². The van der Waals surface area contributed by atoms with Gasteiger partial charge in [-0.1, -0.05) is 48.5 Å². The molecule has 0 aliphatic carbocycles. The number of piperidine rings is 3. The fourth-order valence-corrected chi connectivity index (χ4v) is 3.89. The number of nitrogens with one attached hydrogen (secondary N) is 1. The molecule has 4 nitrogen and oxygen atoms in total. The molecule has 3 aliphatic rings. The number of nitrogens with zero attached hydrogens (tertiary/aromatic N) is 1. The molecule has 3 heterocycles. The van der Waals surface area contributed by atoms with E-state index in [2.05, 4.69) is 34.5 Å². The predicted octanol–water partition coefficient (Wildman–Crippen LogP) is 3.67. The largest absolute Gasteiger partial charge is 0.445 e. The zero-order valence-corrected chi connectivity index (χ0v) is 14.4. The van der Waals surface area contributed by atoms with Gasteiger partial charge in [0.05, 0.1) is 0 Å². The molecule has 3 saturated heterocycles. The van der Waals surface area contributed by atoms with Crippen molar-refractivity contribution >= 4 is 6.09 Å². The second-order valence-electron chi connectivity index (χ2n) is 7.00. The normalized spacial score (nSPS) is 24.7. The topological polar surface area (TPSA) is 41.6 Å². The van der Waals surface area contributed by atoms with Gasteiger partial charge >= 0.3 is 6.09 Å². The maximum atomic E-state index is 12.2. The van der Waals surface area contributed by atoms with Crippen molar-refractivity contribution in [1.82, 2.24) is 10.2 Å². The lowest BCUT2D eigenvalue weighted by Crippen LogP contribution is -2.52. The smallest absolute Gasteiger partial charge is 0.407 e. The minimum Gasteiger partial charge on any atom is -0.445 e. The Labute approximate surface area is 148 Å². The van der Waals surface area contributed by atoms with Crippen LogP contribution in [0.3, 0.4) is 0 Å². The van der Waals surface area contributed by atoms with Crippen molar-refractivity contribution in [2.24, 2.45) is 5.92 Å². The zero-order chi connectivity index (χ0) is 17.1. The lowest BCUT2D eigenvalue weighted by atomic mass is 9.86. The highest BCUT2D eigenvalue weighted by atomic mass is 16.6. The van der Waals surface area contributed by atoms with E-state index >= 15 is 0 Å². The molecule has 0 aromatic heterocycles. The highest BCUT2D eigenvalue weighted by Crippen LogP contribution is 2.29. The summed E-state index contributed by atoms with van der Waals surface area (Å²) in [6.45, 7) is 3.68. The first-order valence-electron chi connectivity index (χ1n) is 9.09. The fraction of sp³-hybridized carbons (Fsp3) is 0.381. The maximum absolute atomic E-state index is 12.2. The third-order valence-electron chi connectivity index (χ3n) is 5.33. The second-order valence-corrected chi connectivity index (χ2v) is 7.00. The number of fused-ring (bicyclic) bond motifs is 3. The van der Waals surface area contributed by atoms with Crippen LogP contribution in [-0.4, -0.2) is 36.7 Å². The zero-order valence-electron chi connectivity index (χ0n) is 14.4. The lowest BCUT2D eigenvalue weighted by molar-refractivity contribution is -0.0332. The highest BCUT2D eigenvalue weighted by Gasteiger charge is 2.36. The number of alkyl carbamates (subject to hydrolysis) is 1. The van der Waals surface area contributed by atoms with Gasteiger partial charge in [-0.25, -0.2) is 4.79 Å². The Hall–Kier alpha value is -2.33. The molecular formula is C21H24N2O2. The van der Waals surface area contributed by atoms with Gasteiger partial charge in [0.2, 0.25) is 0 Å². The van der Waals surface area contributed by atoms with Crippen LogP contribution in [0.15, 0.2) is 54.6 Å². The molecule has 1 amide bonds. The number of hydrogen-bond donors (Lipinski definition) is 1. The summed E-state index contributed by atoms with van der Waals surface area (Å²) in [5.41, 5.74) is 3.41. The Morgan fingerprint density at radius 2 is 1.80 bits per heavy atom. The molecule has 2 bridgehead atoms. The van der Waals surface area contributed by atoms with E-state index in [1.165, 1.54) is 5.56 Å². The first-order chi connectivity index (χ1) is 12.3. The SMILES string of the molecule is O=C(NCc1cccc(-c2ccccc2)c1)OC1CN2CCC1CC2. The standard InChI is InChI=1S/C21H24N2O2/c24-21(25-20-15-23-11-9-18(20)10-12-23)22-14-16-5-4-8-19(13-16)17-6-2-1-3-7-17/h1-8,13,18,20H,9-12,14-15H2,(H,22,24). The van der Waals surface area contributed by atoms with Gasteiger partial charge in [0.15, 0.2) is 0 Å². The quantitative estimate of drug-likeness (QED) is 0.926. The van der Waals surface area contributed by atoms with E-state index in [0.29, 0.717) is 12.5 Å². The Morgan fingerprint density at radius 1 is 1.04 bits per heavy atom. The van der Waals surface area contributed by atoms with E-state index in [4.69, 9.17) is 4.74 Å². The number of carbonyl (C=O) groups is 1. The average Bonchev–Trinajstić information content (AvgIpc) is 2.68. The van der Waals surface area contributed by atoms with Crippen molar-refractivity contribution in [2.75, 3.05) is 19.6 Å². The van der Waals surface area contributed by atoms with Gasteiger partial charge in [-0.15, -0.1) is 0 Å². The summed E-state index contributed by atoms with van der Waals surface area (Å²) in [5, 5.41) is 2.90. The van der Waals surface area contributed by atoms with Gasteiger partial charge in [-0.2, -0.15) is 0 Å². The number of amides is 1. The molecule has 2 aromatic carbocycles. The molecule has 3 aliphatic heterocycles. The number of ether oxygens (including phenoxy) is 1. The highest BCUT2D eigenvalue weighted by molar-refractivity contribution is 5.68. The maximum Gasteiger partial charge on any atom is 0.407 e. The number of carbonyl (C=O) groups excluding carboxylic acids is 1. The van der Waals surface area contributed by atoms with E-state index in [1.807, 2.05) is 30.3 Å². The van der Waals surface area contributed by atoms with Crippen LogP contribution < -0.4 is 5.32 Å². The van der Waals surface area contributed by atoms with Gasteiger partial charge in [0.25, 0.3) is 0 Å². The molecule has 0 spiro atoms. The number of benzene rings is 2. The Balaban J connectivity index is 1.33. The Bertz CT molecular complexity index is 724. The molecule has 1 atom stereocenters. The van der Waals surface area contributed by atoms with Crippen LogP contribution in [0.5, 0.6) is 0 Å². The van der Waals surface area contributed by atoms with Gasteiger partial charge in [0.1, 0.15) is 6.10 Å². The van der Waals surface area contributed by atoms with Crippen molar-refractivity contribution in [3.63, 3.8) is 0 Å². The molecule has 130 valence electrons. The summed E-state index contributed by atoms with van der Waals surface area (Å²) in [5.74, 6) is 0.539. The molecule has 1 unspecified atom stereocenters. The summed E-state index contributed by atoms with van der Waals surface area (Å²) in [4.78, 5) is 14.6. The molecule has 4 heteroatoms. The lowest BCUT2D eigenvalue weighted by Gasteiger charge is -2.43. The number of rotatable bonds is 4. The monoisotopic (exact) mass is 336 g/mol. The third kappa shape index (κ3) is 3.85. The van der Waals surface area contributed by atoms with Gasteiger partial charge in [0, 0.05) is 13.1 Å². The van der Waals surface area contributed by atoms with Gasteiger partial charge in [-0.3, -0.25) is 4.90 Å². The van der Waals surface area contributed by atoms with Crippen LogP contribution >= 0.6 is 0 Å². The van der Waals surface area contributed by atoms with Crippen molar-refractivity contribution < 1.29 is 9.53 Å². The predicted molar refractivity (Wildman–Crippen MR) is 98.2 cm³/mol. The van der Waals surface area contributed by atoms with Crippen LogP contribution in [0.2, 0.25) is 0 Å². The van der Waals surface area contributed by atoms with Crippen molar-refractivity contribution in [3.8, 4) is 11.1 Å². The molecule has 25 heavy (non-hydrogen) atoms. The van der Waals surface area contributed by atoms with E-state index < -0.39 is 0 Å². The van der Waals surface area contributed by atoms with E-state index in [0.717, 1.165) is 43.6 Å². The van der Waals surface area contributed by atoms with Crippen molar-refractivity contribution in [2.45, 2.75) is 25.5 Å². The van der Waals surface area contributed by atoms with Crippen LogP contribution in [0, 0.1) is 5.92 Å². The summed E-state index contributed by atoms with van der Waals surface area (Å²) >= 11 is 0. The molecule has 1 N–H and O–H groups in total. The molecule has 5 rings (SSSR count). The minimum absolute atomic E-state index is 0.0538. The van der Waals surface area contributed by atoms with E-state index in [-0.39, 0.29) is 12.2 Å². The van der Waals surface area contributed by atoms with Gasteiger partial charge in [-0.05, 0) is 54.6 Å². The van der Waals surface area contributed by atoms with Crippen LogP contribution in [0.25, 0.3) is 11.1 Å². The number of hydrogen-bond acceptors (Lipinski definition) is 3. The summed E-state index contributed by atoms with van der Waals surface area (Å²) in [7, 11) is 0. The summed E-state index contributed by atoms with van der Waals surface area (Å²) in [6, 6.07) is 18.5. The first kappa shape index (κ1) is 16.2. The molecular weight excluding hydrogens is 312 g/mol. The minimum atomic E-state index is -0.302. The summed E-state index contributed by atoms with van der Waals surface area (Å²) < 4.78 is 5.67. The Kier molecular flexibility index (Phi) is 4.70. The average molecular weight is 336 g/mol. The molecule has 3 fully saturated rings. The molecule has 2 aromatic rings. The van der Waals surface area contributed by atoms with Crippen molar-refractivity contribution in [1.29, 1.82) is 0 Å². The molecule has 0 saturated carbocycles. The van der Waals surface area contributed by atoms with Crippen LogP contribution in [0.4, 0.5) is 4.79 Å². The first-order valence-corrected chi connectivity index (χ1v) is 9.09. The van der Waals surface area contributed by atoms with Crippen LogP contribution in [-0.2, 0) is 11.3 Å². The van der Waals surface area contributed by atoms with E-state index in [9.17, 15) is 4.79 Å². The van der Waals surface area contributed by atoms with Gasteiger partial charge < -0.3 is 10.1 Å². The second kappa shape index (κ2) is 7.28.